The molecule has 170 valence electrons. The summed E-state index contributed by atoms with van der Waals surface area (Å²) in [4.78, 5) is 29.5. The van der Waals surface area contributed by atoms with E-state index < -0.39 is 11.9 Å². The van der Waals surface area contributed by atoms with E-state index in [0.717, 1.165) is 29.0 Å². The lowest BCUT2D eigenvalue weighted by Gasteiger charge is -2.05. The molecule has 0 radical (unpaired) electrons. The van der Waals surface area contributed by atoms with Crippen LogP contribution in [-0.2, 0) is 15.9 Å². The Hall–Kier alpha value is -3.48. The molecule has 0 aliphatic heterocycles. The Morgan fingerprint density at radius 1 is 1.21 bits per heavy atom. The first-order valence-corrected chi connectivity index (χ1v) is 11.9. The highest BCUT2D eigenvalue weighted by Crippen LogP contribution is 2.35. The van der Waals surface area contributed by atoms with Crippen molar-refractivity contribution in [3.8, 4) is 17.3 Å². The maximum Gasteiger partial charge on any atom is 0.348 e. The molecule has 0 saturated heterocycles. The first kappa shape index (κ1) is 24.2. The van der Waals surface area contributed by atoms with Crippen LogP contribution in [0.15, 0.2) is 35.8 Å². The smallest absolute Gasteiger partial charge is 0.348 e. The molecule has 0 unspecified atom stereocenters. The number of aromatic nitrogens is 1. The number of esters is 2. The van der Waals surface area contributed by atoms with Crippen LogP contribution < -0.4 is 5.32 Å². The molecular formula is C24H23N3O4S2. The number of carbonyl (C=O) groups is 2. The third-order valence-corrected chi connectivity index (χ3v) is 6.94. The highest BCUT2D eigenvalue weighted by Gasteiger charge is 2.26. The molecule has 0 spiro atoms. The SMILES string of the molecule is CCOC(=O)c1c(NC=C(C#N)c2nc(-c3ccc(CC)cc3)cs2)sc(C(=O)OC)c1C. The average molecular weight is 482 g/mol. The molecule has 9 heteroatoms. The molecule has 0 aliphatic rings. The number of nitriles is 1. The maximum absolute atomic E-state index is 12.5. The van der Waals surface area contributed by atoms with E-state index in [4.69, 9.17) is 9.47 Å². The van der Waals surface area contributed by atoms with Crippen molar-refractivity contribution in [2.24, 2.45) is 0 Å². The van der Waals surface area contributed by atoms with Crippen molar-refractivity contribution in [3.05, 3.63) is 62.4 Å². The number of carbonyl (C=O) groups excluding carboxylic acids is 2. The van der Waals surface area contributed by atoms with Gasteiger partial charge < -0.3 is 14.8 Å². The standard InChI is InChI=1S/C24H23N3O4S2/c1-5-15-7-9-16(10-8-15)18-13-32-21(27-18)17(11-25)12-26-22-19(23(28)31-6-2)14(3)20(33-22)24(29)30-4/h7-10,12-13,26H,5-6H2,1-4H3. The van der Waals surface area contributed by atoms with Gasteiger partial charge in [-0.3, -0.25) is 0 Å². The Balaban J connectivity index is 1.91. The fourth-order valence-electron chi connectivity index (χ4n) is 3.07. The zero-order chi connectivity index (χ0) is 24.0. The molecule has 0 saturated carbocycles. The summed E-state index contributed by atoms with van der Waals surface area (Å²) >= 11 is 2.42. The van der Waals surface area contributed by atoms with E-state index in [2.05, 4.69) is 35.4 Å². The zero-order valence-electron chi connectivity index (χ0n) is 18.7. The van der Waals surface area contributed by atoms with Gasteiger partial charge in [0, 0.05) is 17.1 Å². The number of allylic oxidation sites excluding steroid dienone is 1. The van der Waals surface area contributed by atoms with Crippen molar-refractivity contribution in [3.63, 3.8) is 0 Å². The van der Waals surface area contributed by atoms with E-state index in [1.807, 2.05) is 17.5 Å². The summed E-state index contributed by atoms with van der Waals surface area (Å²) < 4.78 is 9.96. The van der Waals surface area contributed by atoms with Crippen LogP contribution in [0.25, 0.3) is 16.8 Å². The zero-order valence-corrected chi connectivity index (χ0v) is 20.4. The van der Waals surface area contributed by atoms with Gasteiger partial charge in [0.25, 0.3) is 0 Å². The Morgan fingerprint density at radius 2 is 1.94 bits per heavy atom. The molecule has 1 aromatic carbocycles. The summed E-state index contributed by atoms with van der Waals surface area (Å²) in [6.07, 6.45) is 2.45. The van der Waals surface area contributed by atoms with E-state index in [1.165, 1.54) is 30.2 Å². The summed E-state index contributed by atoms with van der Waals surface area (Å²) in [5.74, 6) is -1.10. The number of anilines is 1. The number of rotatable bonds is 8. The molecule has 0 amide bonds. The number of nitrogens with zero attached hydrogens (tertiary/aromatic N) is 2. The maximum atomic E-state index is 12.5. The molecular weight excluding hydrogens is 458 g/mol. The van der Waals surface area contributed by atoms with Gasteiger partial charge in [-0.05, 0) is 31.4 Å². The summed E-state index contributed by atoms with van der Waals surface area (Å²) in [5.41, 5.74) is 4.01. The number of nitrogens with one attached hydrogen (secondary N) is 1. The van der Waals surface area contributed by atoms with Gasteiger partial charge in [-0.25, -0.2) is 14.6 Å². The monoisotopic (exact) mass is 481 g/mol. The number of thiophene rings is 1. The van der Waals surface area contributed by atoms with Crippen LogP contribution in [0.1, 0.15) is 50.0 Å². The molecule has 0 atom stereocenters. The molecule has 1 N–H and O–H groups in total. The number of ether oxygens (including phenoxy) is 2. The van der Waals surface area contributed by atoms with E-state index >= 15 is 0 Å². The minimum Gasteiger partial charge on any atom is -0.465 e. The lowest BCUT2D eigenvalue weighted by molar-refractivity contribution is 0.0527. The van der Waals surface area contributed by atoms with Crippen LogP contribution in [-0.4, -0.2) is 30.6 Å². The first-order valence-electron chi connectivity index (χ1n) is 10.2. The quantitative estimate of drug-likeness (QED) is 0.326. The van der Waals surface area contributed by atoms with Crippen LogP contribution in [0.4, 0.5) is 5.00 Å². The fourth-order valence-corrected chi connectivity index (χ4v) is 4.95. The number of methoxy groups -OCH3 is 1. The van der Waals surface area contributed by atoms with E-state index in [0.29, 0.717) is 26.0 Å². The molecule has 3 aromatic rings. The van der Waals surface area contributed by atoms with Gasteiger partial charge in [-0.2, -0.15) is 5.26 Å². The van der Waals surface area contributed by atoms with Crippen molar-refractivity contribution in [1.82, 2.24) is 4.98 Å². The summed E-state index contributed by atoms with van der Waals surface area (Å²) in [6.45, 7) is 5.66. The van der Waals surface area contributed by atoms with Crippen LogP contribution in [0.2, 0.25) is 0 Å². The van der Waals surface area contributed by atoms with E-state index in [1.54, 1.807) is 13.8 Å². The average Bonchev–Trinajstić information content (AvgIpc) is 3.44. The third-order valence-electron chi connectivity index (χ3n) is 4.86. The minimum absolute atomic E-state index is 0.196. The van der Waals surface area contributed by atoms with Gasteiger partial charge in [-0.1, -0.05) is 31.2 Å². The second kappa shape index (κ2) is 10.9. The van der Waals surface area contributed by atoms with Gasteiger partial charge in [0.15, 0.2) is 0 Å². The van der Waals surface area contributed by atoms with Gasteiger partial charge >= 0.3 is 11.9 Å². The van der Waals surface area contributed by atoms with Gasteiger partial charge in [0.1, 0.15) is 26.5 Å². The minimum atomic E-state index is -0.553. The normalized spacial score (nSPS) is 11.1. The number of thiazole rings is 1. The van der Waals surface area contributed by atoms with Crippen molar-refractivity contribution in [2.45, 2.75) is 27.2 Å². The predicted octanol–water partition coefficient (Wildman–Crippen LogP) is 5.68. The largest absolute Gasteiger partial charge is 0.465 e. The van der Waals surface area contributed by atoms with Crippen LogP contribution in [0, 0.1) is 18.3 Å². The van der Waals surface area contributed by atoms with Crippen LogP contribution in [0.5, 0.6) is 0 Å². The van der Waals surface area contributed by atoms with Crippen molar-refractivity contribution in [2.75, 3.05) is 19.0 Å². The Bertz CT molecular complexity index is 1230. The van der Waals surface area contributed by atoms with Gasteiger partial charge in [-0.15, -0.1) is 22.7 Å². The lowest BCUT2D eigenvalue weighted by atomic mass is 10.1. The molecule has 2 aromatic heterocycles. The number of hydrogen-bond donors (Lipinski definition) is 1. The predicted molar refractivity (Wildman–Crippen MR) is 130 cm³/mol. The highest BCUT2D eigenvalue weighted by molar-refractivity contribution is 7.18. The summed E-state index contributed by atoms with van der Waals surface area (Å²) in [5, 5.41) is 15.5. The molecule has 3 rings (SSSR count). The highest BCUT2D eigenvalue weighted by atomic mass is 32.1. The lowest BCUT2D eigenvalue weighted by Crippen LogP contribution is -2.08. The van der Waals surface area contributed by atoms with Crippen LogP contribution in [0.3, 0.4) is 0 Å². The van der Waals surface area contributed by atoms with Crippen LogP contribution >= 0.6 is 22.7 Å². The molecule has 0 bridgehead atoms. The summed E-state index contributed by atoms with van der Waals surface area (Å²) in [7, 11) is 1.28. The molecule has 2 heterocycles. The Labute approximate surface area is 200 Å². The fraction of sp³-hybridized carbons (Fsp3) is 0.250. The molecule has 33 heavy (non-hydrogen) atoms. The second-order valence-electron chi connectivity index (χ2n) is 6.87. The van der Waals surface area contributed by atoms with E-state index in [-0.39, 0.29) is 12.2 Å². The van der Waals surface area contributed by atoms with Crippen molar-refractivity contribution in [1.29, 1.82) is 5.26 Å². The van der Waals surface area contributed by atoms with Gasteiger partial charge in [0.2, 0.25) is 0 Å². The van der Waals surface area contributed by atoms with E-state index in [9.17, 15) is 14.9 Å². The Morgan fingerprint density at radius 3 is 2.55 bits per heavy atom. The van der Waals surface area contributed by atoms with Crippen molar-refractivity contribution < 1.29 is 19.1 Å². The molecule has 0 fully saturated rings. The molecule has 0 aliphatic carbocycles. The first-order chi connectivity index (χ1) is 15.9. The number of hydrogen-bond acceptors (Lipinski definition) is 9. The third kappa shape index (κ3) is 5.30. The summed E-state index contributed by atoms with van der Waals surface area (Å²) in [6, 6.07) is 10.3. The van der Waals surface area contributed by atoms with Gasteiger partial charge in [0.05, 0.1) is 25.0 Å². The van der Waals surface area contributed by atoms with Crippen molar-refractivity contribution >= 4 is 45.2 Å². The number of aryl methyl sites for hydroxylation is 1. The topological polar surface area (TPSA) is 101 Å². The Kier molecular flexibility index (Phi) is 7.98. The molecule has 7 nitrogen and oxygen atoms in total. The second-order valence-corrected chi connectivity index (χ2v) is 8.75. The number of benzene rings is 1.